The molecule has 5 rings (SSSR count). The van der Waals surface area contributed by atoms with Crippen LogP contribution in [0.2, 0.25) is 5.02 Å². The zero-order valence-corrected chi connectivity index (χ0v) is 17.1. The lowest BCUT2D eigenvalue weighted by molar-refractivity contribution is -0.118. The predicted octanol–water partition coefficient (Wildman–Crippen LogP) is 5.21. The molecule has 0 amide bonds. The lowest BCUT2D eigenvalue weighted by atomic mass is 9.80. The van der Waals surface area contributed by atoms with Gasteiger partial charge in [0, 0.05) is 6.07 Å². The molecule has 0 spiro atoms. The number of nitrogens with zero attached hydrogens (tertiary/aromatic N) is 1. The summed E-state index contributed by atoms with van der Waals surface area (Å²) in [4.78, 5) is 13.3. The number of fused-ring (bicyclic) bond motifs is 5. The number of aliphatic hydroxyl groups excluding tert-OH is 1. The molecule has 2 aliphatic heterocycles. The molecule has 6 heteroatoms. The Hall–Kier alpha value is -2.81. The van der Waals surface area contributed by atoms with Crippen LogP contribution in [0.3, 0.4) is 0 Å². The first kappa shape index (κ1) is 19.2. The van der Waals surface area contributed by atoms with Gasteiger partial charge in [-0.05, 0) is 54.7 Å². The van der Waals surface area contributed by atoms with Gasteiger partial charge in [-0.1, -0.05) is 24.6 Å². The first-order valence-corrected chi connectivity index (χ1v) is 10.5. The van der Waals surface area contributed by atoms with Crippen LogP contribution in [0.25, 0.3) is 5.57 Å². The molecule has 2 aromatic carbocycles. The molecule has 0 aromatic heterocycles. The van der Waals surface area contributed by atoms with Crippen molar-refractivity contribution in [2.24, 2.45) is 11.8 Å². The molecule has 0 saturated carbocycles. The van der Waals surface area contributed by atoms with Crippen molar-refractivity contribution in [1.82, 2.24) is 0 Å². The van der Waals surface area contributed by atoms with E-state index >= 15 is 0 Å². The lowest BCUT2D eigenvalue weighted by Gasteiger charge is -2.19. The van der Waals surface area contributed by atoms with Crippen molar-refractivity contribution in [3.63, 3.8) is 0 Å². The van der Waals surface area contributed by atoms with Crippen LogP contribution in [-0.4, -0.2) is 23.1 Å². The number of carbonyl (C=O) groups is 1. The van der Waals surface area contributed by atoms with Crippen molar-refractivity contribution in [2.45, 2.75) is 38.4 Å². The fourth-order valence-corrected chi connectivity index (χ4v) is 5.25. The largest absolute Gasteiger partial charge is 0.511 e. The second kappa shape index (κ2) is 7.16. The molecule has 1 aliphatic carbocycles. The van der Waals surface area contributed by atoms with Crippen LogP contribution in [0.1, 0.15) is 36.5 Å². The molecule has 5 nitrogen and oxygen atoms in total. The van der Waals surface area contributed by atoms with E-state index < -0.39 is 0 Å². The number of hydrogen-bond acceptors (Lipinski definition) is 5. The normalized spacial score (nSPS) is 26.8. The number of ether oxygens (including phenoxy) is 2. The summed E-state index contributed by atoms with van der Waals surface area (Å²) < 4.78 is 11.8. The third-order valence-electron chi connectivity index (χ3n) is 6.42. The van der Waals surface area contributed by atoms with Gasteiger partial charge in [0.25, 0.3) is 0 Å². The number of rotatable bonds is 4. The Morgan fingerprint density at radius 2 is 1.87 bits per heavy atom. The molecule has 152 valence electrons. The van der Waals surface area contributed by atoms with Gasteiger partial charge in [0.1, 0.15) is 23.3 Å². The van der Waals surface area contributed by atoms with Crippen LogP contribution in [0, 0.1) is 23.2 Å². The van der Waals surface area contributed by atoms with E-state index in [0.29, 0.717) is 33.2 Å². The Morgan fingerprint density at radius 3 is 2.53 bits per heavy atom. The van der Waals surface area contributed by atoms with Crippen molar-refractivity contribution in [1.29, 1.82) is 5.26 Å². The van der Waals surface area contributed by atoms with Crippen LogP contribution >= 0.6 is 11.6 Å². The summed E-state index contributed by atoms with van der Waals surface area (Å²) in [7, 11) is 0. The minimum absolute atomic E-state index is 0.0297. The average Bonchev–Trinajstić information content (AvgIpc) is 3.42. The molecule has 0 unspecified atom stereocenters. The average molecular weight is 422 g/mol. The van der Waals surface area contributed by atoms with Crippen molar-refractivity contribution in [2.75, 3.05) is 0 Å². The van der Waals surface area contributed by atoms with E-state index in [2.05, 4.69) is 0 Å². The highest BCUT2D eigenvalue weighted by Gasteiger charge is 2.59. The maximum atomic E-state index is 13.3. The molecular weight excluding hydrogens is 402 g/mol. The second-order valence-corrected chi connectivity index (χ2v) is 8.40. The quantitative estimate of drug-likeness (QED) is 0.732. The van der Waals surface area contributed by atoms with Gasteiger partial charge in [0.15, 0.2) is 5.78 Å². The number of hydrogen-bond donors (Lipinski definition) is 1. The van der Waals surface area contributed by atoms with Gasteiger partial charge in [-0.2, -0.15) is 5.26 Å². The Bertz CT molecular complexity index is 1130. The molecule has 2 aromatic rings. The number of ketones is 1. The van der Waals surface area contributed by atoms with E-state index in [9.17, 15) is 9.90 Å². The summed E-state index contributed by atoms with van der Waals surface area (Å²) in [6.45, 7) is 2.02. The highest BCUT2D eigenvalue weighted by Crippen LogP contribution is 2.54. The Balaban J connectivity index is 1.52. The zero-order valence-electron chi connectivity index (χ0n) is 16.4. The first-order valence-electron chi connectivity index (χ1n) is 10.2. The molecular formula is C24H20ClNO4. The number of halogens is 1. The van der Waals surface area contributed by atoms with E-state index in [1.807, 2.05) is 25.1 Å². The number of nitriles is 1. The number of Topliss-reactive ketones (excluding diaryl/α,β-unsaturated/α-hetero) is 1. The van der Waals surface area contributed by atoms with Crippen molar-refractivity contribution >= 4 is 23.0 Å². The van der Waals surface area contributed by atoms with Crippen LogP contribution in [-0.2, 0) is 16.0 Å². The van der Waals surface area contributed by atoms with Crippen molar-refractivity contribution in [3.8, 4) is 17.6 Å². The van der Waals surface area contributed by atoms with Crippen LogP contribution in [0.15, 0.2) is 42.2 Å². The Kier molecular flexibility index (Phi) is 4.57. The summed E-state index contributed by atoms with van der Waals surface area (Å²) in [5.41, 5.74) is 2.47. The van der Waals surface area contributed by atoms with Crippen LogP contribution in [0.5, 0.6) is 11.5 Å². The highest BCUT2D eigenvalue weighted by atomic mass is 35.5. The smallest absolute Gasteiger partial charge is 0.173 e. The minimum atomic E-state index is -0.273. The zero-order chi connectivity index (χ0) is 21.0. The van der Waals surface area contributed by atoms with Crippen LogP contribution in [0.4, 0.5) is 0 Å². The third kappa shape index (κ3) is 2.83. The van der Waals surface area contributed by atoms with E-state index in [1.165, 1.54) is 0 Å². The molecule has 2 bridgehead atoms. The van der Waals surface area contributed by atoms with E-state index in [0.717, 1.165) is 24.8 Å². The van der Waals surface area contributed by atoms with Gasteiger partial charge in [0.2, 0.25) is 0 Å². The molecule has 30 heavy (non-hydrogen) atoms. The number of aliphatic hydroxyl groups is 1. The predicted molar refractivity (Wildman–Crippen MR) is 111 cm³/mol. The van der Waals surface area contributed by atoms with Crippen molar-refractivity contribution in [3.05, 3.63) is 63.9 Å². The van der Waals surface area contributed by atoms with Gasteiger partial charge in [0.05, 0.1) is 40.2 Å². The molecule has 0 radical (unpaired) electrons. The van der Waals surface area contributed by atoms with Gasteiger partial charge < -0.3 is 14.6 Å². The number of aryl methyl sites for hydroxylation is 1. The highest BCUT2D eigenvalue weighted by molar-refractivity contribution is 6.31. The van der Waals surface area contributed by atoms with E-state index in [1.54, 1.807) is 24.3 Å². The minimum Gasteiger partial charge on any atom is -0.511 e. The fourth-order valence-electron chi connectivity index (χ4n) is 5.03. The maximum absolute atomic E-state index is 13.3. The van der Waals surface area contributed by atoms with Crippen molar-refractivity contribution < 1.29 is 19.4 Å². The summed E-state index contributed by atoms with van der Waals surface area (Å²) in [6, 6.07) is 12.4. The maximum Gasteiger partial charge on any atom is 0.173 e. The topological polar surface area (TPSA) is 79.5 Å². The van der Waals surface area contributed by atoms with Gasteiger partial charge in [-0.25, -0.2) is 0 Å². The SMILES string of the molecule is CCc1ccc(Oc2ccc(C#N)c(Cl)c2)cc1C1=C(O)[C@@H]2[C@H](C1=O)[C@H]1CC[C@@H]2O1. The standard InChI is InChI=1S/C24H20ClNO4/c1-2-12-3-5-14(29-15-6-4-13(11-26)17(25)10-15)9-16(12)20-23(27)21-18-7-8-19(30-18)22(21)24(20)28/h3-6,9-10,18-19,21-22,27H,2,7-8H2,1H3/t18-,19+,21-,22+/m0/s1. The van der Waals surface area contributed by atoms with Gasteiger partial charge in [-0.3, -0.25) is 4.79 Å². The molecule has 2 fully saturated rings. The monoisotopic (exact) mass is 421 g/mol. The summed E-state index contributed by atoms with van der Waals surface area (Å²) in [6.07, 6.45) is 2.34. The van der Waals surface area contributed by atoms with Gasteiger partial charge >= 0.3 is 0 Å². The second-order valence-electron chi connectivity index (χ2n) is 7.99. The molecule has 4 atom stereocenters. The summed E-state index contributed by atoms with van der Waals surface area (Å²) in [5.74, 6) is 0.660. The number of allylic oxidation sites excluding steroid dienone is 1. The summed E-state index contributed by atoms with van der Waals surface area (Å²) in [5, 5.41) is 20.3. The van der Waals surface area contributed by atoms with Crippen LogP contribution < -0.4 is 4.74 Å². The molecule has 2 heterocycles. The third-order valence-corrected chi connectivity index (χ3v) is 6.74. The number of carbonyl (C=O) groups excluding carboxylic acids is 1. The molecule has 2 saturated heterocycles. The van der Waals surface area contributed by atoms with Gasteiger partial charge in [-0.15, -0.1) is 0 Å². The lowest BCUT2D eigenvalue weighted by Crippen LogP contribution is -2.29. The molecule has 1 N–H and O–H groups in total. The Morgan fingerprint density at radius 1 is 1.17 bits per heavy atom. The summed E-state index contributed by atoms with van der Waals surface area (Å²) >= 11 is 6.10. The Labute approximate surface area is 179 Å². The fraction of sp³-hybridized carbons (Fsp3) is 0.333. The first-order chi connectivity index (χ1) is 14.5. The van der Waals surface area contributed by atoms with E-state index in [-0.39, 0.29) is 35.6 Å². The molecule has 3 aliphatic rings. The number of benzene rings is 2. The van der Waals surface area contributed by atoms with E-state index in [4.69, 9.17) is 26.3 Å².